The Hall–Kier alpha value is -2.55. The lowest BCUT2D eigenvalue weighted by Crippen LogP contribution is -2.50. The summed E-state index contributed by atoms with van der Waals surface area (Å²) in [5.41, 5.74) is 0.797. The third kappa shape index (κ3) is 5.62. The molecule has 0 N–H and O–H groups in total. The van der Waals surface area contributed by atoms with Crippen molar-refractivity contribution in [2.75, 3.05) is 33.3 Å². The highest BCUT2D eigenvalue weighted by Crippen LogP contribution is 2.29. The second-order valence-electron chi connectivity index (χ2n) is 7.57. The van der Waals surface area contributed by atoms with Crippen molar-refractivity contribution in [3.63, 3.8) is 0 Å². The molecule has 0 spiro atoms. The first-order valence-corrected chi connectivity index (χ1v) is 12.1. The van der Waals surface area contributed by atoms with Crippen molar-refractivity contribution < 1.29 is 22.7 Å². The highest BCUT2D eigenvalue weighted by molar-refractivity contribution is 7.89. The number of nitrogens with zero attached hydrogens (tertiary/aromatic N) is 2. The van der Waals surface area contributed by atoms with Gasteiger partial charge in [0, 0.05) is 32.3 Å². The predicted molar refractivity (Wildman–Crippen MR) is 125 cm³/mol. The third-order valence-electron chi connectivity index (χ3n) is 4.97. The Morgan fingerprint density at radius 1 is 1.06 bits per heavy atom. The van der Waals surface area contributed by atoms with Gasteiger partial charge in [-0.1, -0.05) is 29.8 Å². The summed E-state index contributed by atoms with van der Waals surface area (Å²) < 4.78 is 38.1. The van der Waals surface area contributed by atoms with Crippen molar-refractivity contribution in [3.8, 4) is 11.5 Å². The summed E-state index contributed by atoms with van der Waals surface area (Å²) in [6, 6.07) is 11.8. The summed E-state index contributed by atoms with van der Waals surface area (Å²) in [6.07, 6.45) is 3.21. The molecule has 9 heteroatoms. The average Bonchev–Trinajstić information content (AvgIpc) is 2.78. The Morgan fingerprint density at radius 2 is 1.75 bits per heavy atom. The molecule has 32 heavy (non-hydrogen) atoms. The number of benzene rings is 2. The number of halogens is 1. The molecule has 0 unspecified atom stereocenters. The van der Waals surface area contributed by atoms with E-state index in [2.05, 4.69) is 0 Å². The van der Waals surface area contributed by atoms with E-state index in [1.165, 1.54) is 16.4 Å². The van der Waals surface area contributed by atoms with E-state index in [0.29, 0.717) is 24.6 Å². The number of ether oxygens (including phenoxy) is 2. The fraction of sp³-hybridized carbons (Fsp3) is 0.348. The lowest BCUT2D eigenvalue weighted by atomic mass is 10.2. The zero-order valence-electron chi connectivity index (χ0n) is 18.3. The van der Waals surface area contributed by atoms with E-state index in [-0.39, 0.29) is 35.0 Å². The molecular weight excluding hydrogens is 452 g/mol. The first-order chi connectivity index (χ1) is 15.2. The minimum absolute atomic E-state index is 0.0206. The summed E-state index contributed by atoms with van der Waals surface area (Å²) >= 11 is 6.07. The molecule has 2 aromatic carbocycles. The number of carbonyl (C=O) groups is 1. The van der Waals surface area contributed by atoms with Gasteiger partial charge in [-0.2, -0.15) is 4.31 Å². The SMILES string of the molecule is COc1cc(/C=C/C(=O)N2CCN(S(=O)(=O)c3ccccc3Cl)CC2)ccc1OC(C)C. The van der Waals surface area contributed by atoms with Gasteiger partial charge in [0.05, 0.1) is 18.2 Å². The van der Waals surface area contributed by atoms with Gasteiger partial charge in [0.2, 0.25) is 15.9 Å². The number of hydrogen-bond acceptors (Lipinski definition) is 5. The first kappa shape index (κ1) is 24.1. The number of carbonyl (C=O) groups excluding carboxylic acids is 1. The fourth-order valence-electron chi connectivity index (χ4n) is 3.35. The molecule has 0 aromatic heterocycles. The van der Waals surface area contributed by atoms with E-state index in [0.717, 1.165) is 5.56 Å². The Balaban J connectivity index is 1.62. The van der Waals surface area contributed by atoms with Gasteiger partial charge in [-0.3, -0.25) is 4.79 Å². The van der Waals surface area contributed by atoms with Crippen molar-refractivity contribution in [1.29, 1.82) is 0 Å². The molecule has 1 heterocycles. The molecule has 172 valence electrons. The number of hydrogen-bond donors (Lipinski definition) is 0. The van der Waals surface area contributed by atoms with E-state index >= 15 is 0 Å². The number of piperazine rings is 1. The minimum Gasteiger partial charge on any atom is -0.493 e. The van der Waals surface area contributed by atoms with Crippen LogP contribution in [0, 0.1) is 0 Å². The van der Waals surface area contributed by atoms with Crippen LogP contribution in [0.5, 0.6) is 11.5 Å². The second-order valence-corrected chi connectivity index (χ2v) is 9.88. The van der Waals surface area contributed by atoms with Gasteiger partial charge in [0.15, 0.2) is 11.5 Å². The lowest BCUT2D eigenvalue weighted by Gasteiger charge is -2.33. The highest BCUT2D eigenvalue weighted by Gasteiger charge is 2.30. The Morgan fingerprint density at radius 3 is 2.38 bits per heavy atom. The van der Waals surface area contributed by atoms with Crippen LogP contribution in [0.1, 0.15) is 19.4 Å². The number of sulfonamides is 1. The van der Waals surface area contributed by atoms with Crippen LogP contribution in [0.4, 0.5) is 0 Å². The summed E-state index contributed by atoms with van der Waals surface area (Å²) in [4.78, 5) is 14.3. The number of rotatable bonds is 7. The molecule has 0 radical (unpaired) electrons. The largest absolute Gasteiger partial charge is 0.493 e. The zero-order valence-corrected chi connectivity index (χ0v) is 19.9. The molecule has 1 aliphatic rings. The van der Waals surface area contributed by atoms with E-state index in [9.17, 15) is 13.2 Å². The van der Waals surface area contributed by atoms with Gasteiger partial charge in [-0.15, -0.1) is 0 Å². The molecular formula is C23H27ClN2O5S. The monoisotopic (exact) mass is 478 g/mol. The van der Waals surface area contributed by atoms with E-state index in [1.807, 2.05) is 19.9 Å². The van der Waals surface area contributed by atoms with Crippen molar-refractivity contribution in [2.45, 2.75) is 24.8 Å². The summed E-state index contributed by atoms with van der Waals surface area (Å²) in [5, 5.41) is 0.189. The Labute approximate surface area is 194 Å². The van der Waals surface area contributed by atoms with E-state index in [4.69, 9.17) is 21.1 Å². The topological polar surface area (TPSA) is 76.2 Å². The maximum absolute atomic E-state index is 12.9. The molecule has 1 saturated heterocycles. The zero-order chi connectivity index (χ0) is 23.3. The predicted octanol–water partition coefficient (Wildman–Crippen LogP) is 3.68. The van der Waals surface area contributed by atoms with Crippen molar-refractivity contribution in [1.82, 2.24) is 9.21 Å². The van der Waals surface area contributed by atoms with Crippen LogP contribution in [-0.2, 0) is 14.8 Å². The van der Waals surface area contributed by atoms with Crippen LogP contribution in [-0.4, -0.2) is 62.9 Å². The molecule has 2 aromatic rings. The number of methoxy groups -OCH3 is 1. The summed E-state index contributed by atoms with van der Waals surface area (Å²) in [6.45, 7) is 4.90. The molecule has 0 saturated carbocycles. The summed E-state index contributed by atoms with van der Waals surface area (Å²) in [7, 11) is -2.13. The van der Waals surface area contributed by atoms with Crippen LogP contribution in [0.25, 0.3) is 6.08 Å². The molecule has 1 fully saturated rings. The van der Waals surface area contributed by atoms with Crippen molar-refractivity contribution in [3.05, 3.63) is 59.1 Å². The Bertz CT molecular complexity index is 1090. The van der Waals surface area contributed by atoms with E-state index < -0.39 is 10.0 Å². The molecule has 1 amide bonds. The average molecular weight is 479 g/mol. The third-order valence-corrected chi connectivity index (χ3v) is 7.37. The number of amides is 1. The van der Waals surface area contributed by atoms with Crippen molar-refractivity contribution in [2.24, 2.45) is 0 Å². The highest BCUT2D eigenvalue weighted by atomic mass is 35.5. The van der Waals surface area contributed by atoms with E-state index in [1.54, 1.807) is 48.4 Å². The van der Waals surface area contributed by atoms with Gasteiger partial charge < -0.3 is 14.4 Å². The fourth-order valence-corrected chi connectivity index (χ4v) is 5.27. The quantitative estimate of drug-likeness (QED) is 0.567. The molecule has 7 nitrogen and oxygen atoms in total. The second kappa shape index (κ2) is 10.4. The molecule has 0 bridgehead atoms. The molecule has 0 aliphatic carbocycles. The molecule has 0 atom stereocenters. The minimum atomic E-state index is -3.70. The van der Waals surface area contributed by atoms with Crippen LogP contribution in [0.2, 0.25) is 5.02 Å². The summed E-state index contributed by atoms with van der Waals surface area (Å²) in [5.74, 6) is 1.05. The van der Waals surface area contributed by atoms with Crippen LogP contribution >= 0.6 is 11.6 Å². The lowest BCUT2D eigenvalue weighted by molar-refractivity contribution is -0.127. The van der Waals surface area contributed by atoms with Crippen molar-refractivity contribution >= 4 is 33.6 Å². The molecule has 1 aliphatic heterocycles. The van der Waals surface area contributed by atoms with Gasteiger partial charge in [0.25, 0.3) is 0 Å². The van der Waals surface area contributed by atoms with Gasteiger partial charge in [-0.05, 0) is 49.8 Å². The van der Waals surface area contributed by atoms with Gasteiger partial charge in [-0.25, -0.2) is 8.42 Å². The standard InChI is InChI=1S/C23H27ClN2O5S/c1-17(2)31-20-10-8-18(16-21(20)30-3)9-11-23(27)25-12-14-26(15-13-25)32(28,29)22-7-5-4-6-19(22)24/h4-11,16-17H,12-15H2,1-3H3/b11-9+. The molecule has 3 rings (SSSR count). The smallest absolute Gasteiger partial charge is 0.246 e. The maximum Gasteiger partial charge on any atom is 0.246 e. The van der Waals surface area contributed by atoms with Crippen LogP contribution in [0.15, 0.2) is 53.4 Å². The normalized spacial score (nSPS) is 15.3. The first-order valence-electron chi connectivity index (χ1n) is 10.3. The Kier molecular flexibility index (Phi) is 7.82. The van der Waals surface area contributed by atoms with Gasteiger partial charge in [0.1, 0.15) is 4.90 Å². The van der Waals surface area contributed by atoms with Crippen LogP contribution in [0.3, 0.4) is 0 Å². The van der Waals surface area contributed by atoms with Crippen LogP contribution < -0.4 is 9.47 Å². The maximum atomic E-state index is 12.9. The van der Waals surface area contributed by atoms with Gasteiger partial charge >= 0.3 is 0 Å².